The van der Waals surface area contributed by atoms with Crippen LogP contribution in [0.15, 0.2) is 23.1 Å². The van der Waals surface area contributed by atoms with Gasteiger partial charge in [-0.1, -0.05) is 24.4 Å². The van der Waals surface area contributed by atoms with E-state index in [9.17, 15) is 8.42 Å². The number of nitrogens with one attached hydrogen (secondary N) is 1. The predicted molar refractivity (Wildman–Crippen MR) is 74.6 cm³/mol. The van der Waals surface area contributed by atoms with Crippen molar-refractivity contribution in [1.82, 2.24) is 4.72 Å². The van der Waals surface area contributed by atoms with E-state index in [1.54, 1.807) is 0 Å². The van der Waals surface area contributed by atoms with Gasteiger partial charge in [-0.25, -0.2) is 13.1 Å². The lowest BCUT2D eigenvalue weighted by atomic mass is 10.0. The van der Waals surface area contributed by atoms with Crippen LogP contribution < -0.4 is 4.72 Å². The lowest BCUT2D eigenvalue weighted by Gasteiger charge is -2.25. The summed E-state index contributed by atoms with van der Waals surface area (Å²) in [4.78, 5) is 0.147. The highest BCUT2D eigenvalue weighted by atomic mass is 35.5. The van der Waals surface area contributed by atoms with Crippen molar-refractivity contribution in [3.63, 3.8) is 0 Å². The summed E-state index contributed by atoms with van der Waals surface area (Å²) in [7, 11) is -3.57. The van der Waals surface area contributed by atoms with E-state index in [1.165, 1.54) is 18.2 Å². The van der Waals surface area contributed by atoms with Crippen molar-refractivity contribution < 1.29 is 13.5 Å². The highest BCUT2D eigenvalue weighted by Gasteiger charge is 2.33. The summed E-state index contributed by atoms with van der Waals surface area (Å²) in [5.74, 6) is 0. The maximum absolute atomic E-state index is 12.3. The molecule has 0 saturated heterocycles. The van der Waals surface area contributed by atoms with Crippen LogP contribution >= 0.6 is 11.6 Å². The quantitative estimate of drug-likeness (QED) is 0.898. The second kappa shape index (κ2) is 5.40. The molecule has 2 rings (SSSR count). The Morgan fingerprint density at radius 1 is 1.37 bits per heavy atom. The zero-order chi connectivity index (χ0) is 14.1. The molecular formula is C13H18ClNO3S. The van der Waals surface area contributed by atoms with E-state index in [0.717, 1.165) is 25.7 Å². The number of benzene rings is 1. The van der Waals surface area contributed by atoms with Crippen molar-refractivity contribution in [2.45, 2.75) is 49.6 Å². The van der Waals surface area contributed by atoms with E-state index in [4.69, 9.17) is 16.7 Å². The molecule has 1 saturated carbocycles. The fourth-order valence-corrected chi connectivity index (χ4v) is 4.17. The van der Waals surface area contributed by atoms with Crippen LogP contribution in [-0.4, -0.2) is 19.1 Å². The lowest BCUT2D eigenvalue weighted by Crippen LogP contribution is -2.43. The van der Waals surface area contributed by atoms with Crippen LogP contribution in [0, 0.1) is 0 Å². The van der Waals surface area contributed by atoms with E-state index < -0.39 is 10.0 Å². The smallest absolute Gasteiger partial charge is 0.241 e. The molecular weight excluding hydrogens is 286 g/mol. The standard InChI is InChI=1S/C13H18ClNO3S/c1-13(6-2-3-7-13)15-19(17,18)11-4-5-12(14)10(8-11)9-16/h4-5,8,15-16H,2-3,6-7,9H2,1H3. The highest BCUT2D eigenvalue weighted by molar-refractivity contribution is 7.89. The van der Waals surface area contributed by atoms with Gasteiger partial charge in [0.25, 0.3) is 0 Å². The van der Waals surface area contributed by atoms with Gasteiger partial charge in [0.05, 0.1) is 11.5 Å². The molecule has 0 heterocycles. The third-order valence-electron chi connectivity index (χ3n) is 3.59. The summed E-state index contributed by atoms with van der Waals surface area (Å²) >= 11 is 5.87. The van der Waals surface area contributed by atoms with Gasteiger partial charge in [0.15, 0.2) is 0 Å². The van der Waals surface area contributed by atoms with Gasteiger partial charge >= 0.3 is 0 Å². The number of hydrogen-bond donors (Lipinski definition) is 2. The molecule has 1 aliphatic carbocycles. The summed E-state index contributed by atoms with van der Waals surface area (Å²) in [5.41, 5.74) is 0.0545. The number of halogens is 1. The van der Waals surface area contributed by atoms with Crippen molar-refractivity contribution in [2.75, 3.05) is 0 Å². The van der Waals surface area contributed by atoms with E-state index in [-0.39, 0.29) is 17.0 Å². The minimum absolute atomic E-state index is 0.147. The summed E-state index contributed by atoms with van der Waals surface area (Å²) in [6.45, 7) is 1.65. The zero-order valence-corrected chi connectivity index (χ0v) is 12.4. The van der Waals surface area contributed by atoms with Gasteiger partial charge in [-0.3, -0.25) is 0 Å². The normalized spacial score (nSPS) is 18.7. The molecule has 0 aliphatic heterocycles. The number of aliphatic hydroxyl groups is 1. The average molecular weight is 304 g/mol. The molecule has 0 amide bonds. The Morgan fingerprint density at radius 2 is 2.00 bits per heavy atom. The number of hydrogen-bond acceptors (Lipinski definition) is 3. The number of sulfonamides is 1. The van der Waals surface area contributed by atoms with Crippen molar-refractivity contribution in [3.8, 4) is 0 Å². The van der Waals surface area contributed by atoms with E-state index in [2.05, 4.69) is 4.72 Å². The molecule has 4 nitrogen and oxygen atoms in total. The average Bonchev–Trinajstić information content (AvgIpc) is 2.75. The molecule has 1 aromatic rings. The lowest BCUT2D eigenvalue weighted by molar-refractivity contribution is 0.281. The Labute approximate surface area is 118 Å². The van der Waals surface area contributed by atoms with Crippen molar-refractivity contribution >= 4 is 21.6 Å². The summed E-state index contributed by atoms with van der Waals surface area (Å²) in [6, 6.07) is 4.38. The summed E-state index contributed by atoms with van der Waals surface area (Å²) < 4.78 is 27.4. The summed E-state index contributed by atoms with van der Waals surface area (Å²) in [6.07, 6.45) is 3.79. The van der Waals surface area contributed by atoms with Gasteiger partial charge in [-0.05, 0) is 43.5 Å². The second-order valence-electron chi connectivity index (χ2n) is 5.28. The molecule has 1 aromatic carbocycles. The molecule has 6 heteroatoms. The Balaban J connectivity index is 2.29. The molecule has 106 valence electrons. The zero-order valence-electron chi connectivity index (χ0n) is 10.8. The van der Waals surface area contributed by atoms with Crippen LogP contribution in [0.5, 0.6) is 0 Å². The predicted octanol–water partition coefficient (Wildman–Crippen LogP) is 2.44. The van der Waals surface area contributed by atoms with Gasteiger partial charge < -0.3 is 5.11 Å². The molecule has 0 bridgehead atoms. The third-order valence-corrected chi connectivity index (χ3v) is 5.59. The van der Waals surface area contributed by atoms with Gasteiger partial charge in [0.2, 0.25) is 10.0 Å². The van der Waals surface area contributed by atoms with Gasteiger partial charge in [-0.2, -0.15) is 0 Å². The van der Waals surface area contributed by atoms with Crippen LogP contribution in [0.3, 0.4) is 0 Å². The number of aliphatic hydroxyl groups excluding tert-OH is 1. The van der Waals surface area contributed by atoms with E-state index >= 15 is 0 Å². The molecule has 2 N–H and O–H groups in total. The molecule has 0 spiro atoms. The number of rotatable bonds is 4. The maximum Gasteiger partial charge on any atom is 0.241 e. The Morgan fingerprint density at radius 3 is 2.58 bits per heavy atom. The van der Waals surface area contributed by atoms with Crippen LogP contribution in [0.1, 0.15) is 38.2 Å². The van der Waals surface area contributed by atoms with Gasteiger partial charge in [0, 0.05) is 10.6 Å². The van der Waals surface area contributed by atoms with Crippen molar-refractivity contribution in [3.05, 3.63) is 28.8 Å². The van der Waals surface area contributed by atoms with Crippen LogP contribution in [0.25, 0.3) is 0 Å². The first-order chi connectivity index (χ1) is 8.86. The Hall–Kier alpha value is -0.620. The maximum atomic E-state index is 12.3. The third kappa shape index (κ3) is 3.28. The second-order valence-corrected chi connectivity index (χ2v) is 7.37. The molecule has 0 radical (unpaired) electrons. The first-order valence-corrected chi connectivity index (χ1v) is 8.16. The highest BCUT2D eigenvalue weighted by Crippen LogP contribution is 2.31. The summed E-state index contributed by atoms with van der Waals surface area (Å²) in [5, 5.41) is 9.51. The van der Waals surface area contributed by atoms with Crippen LogP contribution in [0.2, 0.25) is 5.02 Å². The SMILES string of the molecule is CC1(NS(=O)(=O)c2ccc(Cl)c(CO)c2)CCCC1. The molecule has 0 aromatic heterocycles. The Bertz CT molecular complexity index is 565. The first-order valence-electron chi connectivity index (χ1n) is 6.30. The van der Waals surface area contributed by atoms with Gasteiger partial charge in [-0.15, -0.1) is 0 Å². The molecule has 0 atom stereocenters. The molecule has 1 fully saturated rings. The van der Waals surface area contributed by atoms with Gasteiger partial charge in [0.1, 0.15) is 0 Å². The fraction of sp³-hybridized carbons (Fsp3) is 0.538. The molecule has 19 heavy (non-hydrogen) atoms. The van der Waals surface area contributed by atoms with E-state index in [1.807, 2.05) is 6.92 Å². The monoisotopic (exact) mass is 303 g/mol. The topological polar surface area (TPSA) is 66.4 Å². The molecule has 0 unspecified atom stereocenters. The first kappa shape index (κ1) is 14.8. The largest absolute Gasteiger partial charge is 0.392 e. The van der Waals surface area contributed by atoms with Crippen molar-refractivity contribution in [1.29, 1.82) is 0 Å². The van der Waals surface area contributed by atoms with E-state index in [0.29, 0.717) is 10.6 Å². The Kier molecular flexibility index (Phi) is 4.20. The fourth-order valence-electron chi connectivity index (χ4n) is 2.48. The van der Waals surface area contributed by atoms with Crippen molar-refractivity contribution in [2.24, 2.45) is 0 Å². The minimum Gasteiger partial charge on any atom is -0.392 e. The minimum atomic E-state index is -3.57. The van der Waals surface area contributed by atoms with Crippen LogP contribution in [-0.2, 0) is 16.6 Å². The molecule has 1 aliphatic rings. The van der Waals surface area contributed by atoms with Crippen LogP contribution in [0.4, 0.5) is 0 Å².